The summed E-state index contributed by atoms with van der Waals surface area (Å²) in [5.74, 6) is 0.707. The van der Waals surface area contributed by atoms with E-state index < -0.39 is 0 Å². The molecule has 3 rings (SSSR count). The Labute approximate surface area is 154 Å². The number of halogens is 1. The van der Waals surface area contributed by atoms with Crippen molar-refractivity contribution in [3.05, 3.63) is 47.8 Å². The molecule has 2 N–H and O–H groups in total. The summed E-state index contributed by atoms with van der Waals surface area (Å²) in [4.78, 5) is 12.2. The molecule has 1 atom stereocenters. The van der Waals surface area contributed by atoms with Crippen molar-refractivity contribution >= 4 is 18.3 Å². The molecule has 2 heterocycles. The molecule has 1 unspecified atom stereocenters. The van der Waals surface area contributed by atoms with Gasteiger partial charge in [-0.25, -0.2) is 0 Å². The maximum Gasteiger partial charge on any atom is 0.271 e. The summed E-state index contributed by atoms with van der Waals surface area (Å²) in [6.45, 7) is 2.55. The van der Waals surface area contributed by atoms with Crippen LogP contribution in [0.5, 0.6) is 5.75 Å². The van der Waals surface area contributed by atoms with Gasteiger partial charge in [-0.1, -0.05) is 12.1 Å². The maximum atomic E-state index is 12.2. The zero-order valence-corrected chi connectivity index (χ0v) is 15.2. The van der Waals surface area contributed by atoms with Crippen LogP contribution in [0.25, 0.3) is 0 Å². The molecule has 1 amide bonds. The van der Waals surface area contributed by atoms with Crippen molar-refractivity contribution in [2.24, 2.45) is 0 Å². The summed E-state index contributed by atoms with van der Waals surface area (Å²) in [5, 5.41) is 10.7. The Kier molecular flexibility index (Phi) is 7.28. The smallest absolute Gasteiger partial charge is 0.271 e. The highest BCUT2D eigenvalue weighted by molar-refractivity contribution is 5.92. The van der Waals surface area contributed by atoms with Gasteiger partial charge in [0.1, 0.15) is 11.4 Å². The number of methoxy groups -OCH3 is 1. The minimum absolute atomic E-state index is 0. The first-order valence-electron chi connectivity index (χ1n) is 8.43. The number of amides is 1. The van der Waals surface area contributed by atoms with Gasteiger partial charge in [0.2, 0.25) is 0 Å². The topological polar surface area (TPSA) is 68.2 Å². The molecule has 0 spiro atoms. The van der Waals surface area contributed by atoms with Crippen LogP contribution < -0.4 is 15.4 Å². The first-order chi connectivity index (χ1) is 11.8. The SMILES string of the molecule is COc1cccc(CCNC(=O)c2ccn(C3CCCNC3)n2)c1.Cl. The Bertz CT molecular complexity index is 683. The number of aromatic nitrogens is 2. The number of rotatable bonds is 6. The Hall–Kier alpha value is -2.05. The molecule has 136 valence electrons. The molecule has 0 aliphatic carbocycles. The van der Waals surface area contributed by atoms with Crippen LogP contribution in [0.1, 0.15) is 34.9 Å². The van der Waals surface area contributed by atoms with Gasteiger partial charge in [-0.3, -0.25) is 9.48 Å². The molecule has 1 fully saturated rings. The lowest BCUT2D eigenvalue weighted by molar-refractivity contribution is 0.0948. The molecule has 1 saturated heterocycles. The van der Waals surface area contributed by atoms with E-state index in [1.165, 1.54) is 0 Å². The Morgan fingerprint density at radius 2 is 2.32 bits per heavy atom. The predicted molar refractivity (Wildman–Crippen MR) is 99.6 cm³/mol. The molecule has 1 aliphatic rings. The van der Waals surface area contributed by atoms with Gasteiger partial charge in [-0.05, 0) is 49.6 Å². The fraction of sp³-hybridized carbons (Fsp3) is 0.444. The fourth-order valence-electron chi connectivity index (χ4n) is 2.96. The highest BCUT2D eigenvalue weighted by Gasteiger charge is 2.17. The molecule has 6 nitrogen and oxygen atoms in total. The number of hydrogen-bond acceptors (Lipinski definition) is 4. The minimum atomic E-state index is -0.125. The van der Waals surface area contributed by atoms with E-state index >= 15 is 0 Å². The number of piperidine rings is 1. The third-order valence-electron chi connectivity index (χ3n) is 4.32. The van der Waals surface area contributed by atoms with Crippen LogP contribution in [-0.2, 0) is 6.42 Å². The van der Waals surface area contributed by atoms with Crippen molar-refractivity contribution in [2.45, 2.75) is 25.3 Å². The van der Waals surface area contributed by atoms with Gasteiger partial charge in [0, 0.05) is 19.3 Å². The zero-order valence-electron chi connectivity index (χ0n) is 14.4. The number of nitrogens with one attached hydrogen (secondary N) is 2. The van der Waals surface area contributed by atoms with Gasteiger partial charge >= 0.3 is 0 Å². The van der Waals surface area contributed by atoms with Gasteiger partial charge in [0.15, 0.2) is 0 Å². The van der Waals surface area contributed by atoms with Crippen LogP contribution >= 0.6 is 12.4 Å². The van der Waals surface area contributed by atoms with E-state index in [4.69, 9.17) is 4.74 Å². The van der Waals surface area contributed by atoms with Gasteiger partial charge < -0.3 is 15.4 Å². The number of carbonyl (C=O) groups excluding carboxylic acids is 1. The summed E-state index contributed by atoms with van der Waals surface area (Å²) in [7, 11) is 1.65. The molecule has 1 aliphatic heterocycles. The van der Waals surface area contributed by atoms with Crippen LogP contribution in [0, 0.1) is 0 Å². The highest BCUT2D eigenvalue weighted by atomic mass is 35.5. The lowest BCUT2D eigenvalue weighted by Crippen LogP contribution is -2.32. The molecular weight excluding hydrogens is 340 g/mol. The van der Waals surface area contributed by atoms with Crippen molar-refractivity contribution < 1.29 is 9.53 Å². The molecular formula is C18H25ClN4O2. The van der Waals surface area contributed by atoms with Gasteiger partial charge in [0.05, 0.1) is 13.2 Å². The molecule has 2 aromatic rings. The maximum absolute atomic E-state index is 12.2. The Morgan fingerprint density at radius 1 is 1.44 bits per heavy atom. The lowest BCUT2D eigenvalue weighted by atomic mass is 10.1. The van der Waals surface area contributed by atoms with E-state index in [-0.39, 0.29) is 18.3 Å². The molecule has 0 bridgehead atoms. The number of hydrogen-bond donors (Lipinski definition) is 2. The normalized spacial score (nSPS) is 16.8. The molecule has 0 radical (unpaired) electrons. The van der Waals surface area contributed by atoms with E-state index in [9.17, 15) is 4.79 Å². The molecule has 1 aromatic heterocycles. The monoisotopic (exact) mass is 364 g/mol. The van der Waals surface area contributed by atoms with E-state index in [0.29, 0.717) is 18.3 Å². The lowest BCUT2D eigenvalue weighted by Gasteiger charge is -2.22. The van der Waals surface area contributed by atoms with E-state index in [0.717, 1.165) is 43.7 Å². The van der Waals surface area contributed by atoms with Crippen LogP contribution in [0.15, 0.2) is 36.5 Å². The number of carbonyl (C=O) groups is 1. The first kappa shape index (κ1) is 19.3. The standard InChI is InChI=1S/C18H24N4O2.ClH/c1-24-16-6-2-4-14(12-16)7-10-20-18(23)17-8-11-22(21-17)15-5-3-9-19-13-15;/h2,4,6,8,11-12,15,19H,3,5,7,9-10,13H2,1H3,(H,20,23);1H. The van der Waals surface area contributed by atoms with Crippen LogP contribution in [0.4, 0.5) is 0 Å². The Balaban J connectivity index is 0.00000225. The van der Waals surface area contributed by atoms with Crippen molar-refractivity contribution in [3.63, 3.8) is 0 Å². The van der Waals surface area contributed by atoms with Crippen molar-refractivity contribution in [1.29, 1.82) is 0 Å². The van der Waals surface area contributed by atoms with Gasteiger partial charge in [-0.2, -0.15) is 5.10 Å². The first-order valence-corrected chi connectivity index (χ1v) is 8.43. The summed E-state index contributed by atoms with van der Waals surface area (Å²) in [6, 6.07) is 10.0. The quantitative estimate of drug-likeness (QED) is 0.824. The largest absolute Gasteiger partial charge is 0.497 e. The van der Waals surface area contributed by atoms with Crippen LogP contribution in [0.3, 0.4) is 0 Å². The van der Waals surface area contributed by atoms with Crippen LogP contribution in [0.2, 0.25) is 0 Å². The second-order valence-electron chi connectivity index (χ2n) is 6.04. The third kappa shape index (κ3) is 5.21. The van der Waals surface area contributed by atoms with Crippen molar-refractivity contribution in [2.75, 3.05) is 26.7 Å². The third-order valence-corrected chi connectivity index (χ3v) is 4.32. The van der Waals surface area contributed by atoms with E-state index in [2.05, 4.69) is 15.7 Å². The molecule has 1 aromatic carbocycles. The van der Waals surface area contributed by atoms with Gasteiger partial charge in [-0.15, -0.1) is 12.4 Å². The molecule has 25 heavy (non-hydrogen) atoms. The second-order valence-corrected chi connectivity index (χ2v) is 6.04. The fourth-order valence-corrected chi connectivity index (χ4v) is 2.96. The summed E-state index contributed by atoms with van der Waals surface area (Å²) < 4.78 is 7.11. The van der Waals surface area contributed by atoms with Gasteiger partial charge in [0.25, 0.3) is 5.91 Å². The second kappa shape index (κ2) is 9.44. The van der Waals surface area contributed by atoms with Crippen molar-refractivity contribution in [3.8, 4) is 5.75 Å². The molecule has 0 saturated carbocycles. The summed E-state index contributed by atoms with van der Waals surface area (Å²) in [5.41, 5.74) is 1.61. The average molecular weight is 365 g/mol. The Morgan fingerprint density at radius 3 is 3.08 bits per heavy atom. The summed E-state index contributed by atoms with van der Waals surface area (Å²) in [6.07, 6.45) is 4.91. The average Bonchev–Trinajstić information content (AvgIpc) is 3.13. The highest BCUT2D eigenvalue weighted by Crippen LogP contribution is 2.16. The number of ether oxygens (including phenoxy) is 1. The predicted octanol–water partition coefficient (Wildman–Crippen LogP) is 2.21. The summed E-state index contributed by atoms with van der Waals surface area (Å²) >= 11 is 0. The van der Waals surface area contributed by atoms with Crippen LogP contribution in [-0.4, -0.2) is 42.4 Å². The minimum Gasteiger partial charge on any atom is -0.497 e. The zero-order chi connectivity index (χ0) is 16.8. The molecule has 7 heteroatoms. The number of nitrogens with zero attached hydrogens (tertiary/aromatic N) is 2. The number of benzene rings is 1. The van der Waals surface area contributed by atoms with E-state index in [1.807, 2.05) is 35.1 Å². The van der Waals surface area contributed by atoms with Crippen molar-refractivity contribution in [1.82, 2.24) is 20.4 Å². The van der Waals surface area contributed by atoms with E-state index in [1.54, 1.807) is 13.2 Å².